The van der Waals surface area contributed by atoms with Gasteiger partial charge in [-0.2, -0.15) is 0 Å². The molecule has 134 valence electrons. The molecule has 0 aliphatic heterocycles. The van der Waals surface area contributed by atoms with Crippen molar-refractivity contribution in [2.75, 3.05) is 12.4 Å². The highest BCUT2D eigenvalue weighted by atomic mass is 16.5. The SMILES string of the molecule is COc1ccc2[nH]cc(C(=O)C(=O)Nc3c(C)cccc3C(C)C)c2c1. The summed E-state index contributed by atoms with van der Waals surface area (Å²) in [5, 5.41) is 3.47. The van der Waals surface area contributed by atoms with E-state index in [4.69, 9.17) is 4.74 Å². The van der Waals surface area contributed by atoms with Crippen LogP contribution in [0.5, 0.6) is 5.75 Å². The molecule has 0 saturated carbocycles. The number of para-hydroxylation sites is 1. The number of aromatic nitrogens is 1. The maximum absolute atomic E-state index is 12.7. The first kappa shape index (κ1) is 17.7. The third kappa shape index (κ3) is 3.20. The van der Waals surface area contributed by atoms with Crippen LogP contribution < -0.4 is 10.1 Å². The van der Waals surface area contributed by atoms with Gasteiger partial charge in [-0.25, -0.2) is 0 Å². The van der Waals surface area contributed by atoms with E-state index in [9.17, 15) is 9.59 Å². The Balaban J connectivity index is 1.94. The van der Waals surface area contributed by atoms with Gasteiger partial charge in [0.25, 0.3) is 11.7 Å². The zero-order chi connectivity index (χ0) is 18.8. The summed E-state index contributed by atoms with van der Waals surface area (Å²) in [6, 6.07) is 11.2. The number of nitrogens with one attached hydrogen (secondary N) is 2. The minimum Gasteiger partial charge on any atom is -0.497 e. The molecule has 1 amide bonds. The Hall–Kier alpha value is -3.08. The van der Waals surface area contributed by atoms with Gasteiger partial charge in [-0.1, -0.05) is 32.0 Å². The van der Waals surface area contributed by atoms with Gasteiger partial charge in [-0.05, 0) is 42.2 Å². The van der Waals surface area contributed by atoms with E-state index in [2.05, 4.69) is 24.1 Å². The highest BCUT2D eigenvalue weighted by molar-refractivity contribution is 6.48. The summed E-state index contributed by atoms with van der Waals surface area (Å²) in [4.78, 5) is 28.4. The molecule has 0 saturated heterocycles. The molecule has 0 unspecified atom stereocenters. The molecule has 3 rings (SSSR count). The lowest BCUT2D eigenvalue weighted by Gasteiger charge is -2.16. The average molecular weight is 350 g/mol. The summed E-state index contributed by atoms with van der Waals surface area (Å²) in [6.07, 6.45) is 1.56. The van der Waals surface area contributed by atoms with Gasteiger partial charge in [0.1, 0.15) is 5.75 Å². The minimum atomic E-state index is -0.648. The second kappa shape index (κ2) is 7.04. The minimum absolute atomic E-state index is 0.234. The molecule has 5 heteroatoms. The lowest BCUT2D eigenvalue weighted by atomic mass is 9.98. The second-order valence-corrected chi connectivity index (χ2v) is 6.59. The van der Waals surface area contributed by atoms with Crippen molar-refractivity contribution in [1.82, 2.24) is 4.98 Å². The molecule has 0 radical (unpaired) electrons. The van der Waals surface area contributed by atoms with Crippen LogP contribution in [0.4, 0.5) is 5.69 Å². The van der Waals surface area contributed by atoms with E-state index in [1.165, 1.54) is 0 Å². The highest BCUT2D eigenvalue weighted by Gasteiger charge is 2.22. The lowest BCUT2D eigenvalue weighted by Crippen LogP contribution is -2.24. The molecule has 0 aliphatic carbocycles. The number of hydrogen-bond acceptors (Lipinski definition) is 3. The number of ether oxygens (including phenoxy) is 1. The van der Waals surface area contributed by atoms with E-state index in [1.54, 1.807) is 25.4 Å². The molecule has 3 aromatic rings. The van der Waals surface area contributed by atoms with Gasteiger partial charge in [-0.3, -0.25) is 9.59 Å². The molecule has 0 fully saturated rings. The molecular weight excluding hydrogens is 328 g/mol. The number of H-pyrrole nitrogens is 1. The Kier molecular flexibility index (Phi) is 4.80. The number of hydrogen-bond donors (Lipinski definition) is 2. The van der Waals surface area contributed by atoms with Gasteiger partial charge in [0.2, 0.25) is 0 Å². The molecule has 0 bridgehead atoms. The number of carbonyl (C=O) groups excluding carboxylic acids is 2. The average Bonchev–Trinajstić information content (AvgIpc) is 3.05. The molecular formula is C21H22N2O3. The molecule has 0 aliphatic rings. The number of amides is 1. The third-order valence-electron chi connectivity index (χ3n) is 4.51. The van der Waals surface area contributed by atoms with Crippen molar-refractivity contribution in [3.05, 3.63) is 59.3 Å². The summed E-state index contributed by atoms with van der Waals surface area (Å²) in [5.41, 5.74) is 3.75. The van der Waals surface area contributed by atoms with Crippen LogP contribution in [-0.2, 0) is 4.79 Å². The molecule has 2 aromatic carbocycles. The standard InChI is InChI=1S/C21H22N2O3/c1-12(2)15-7-5-6-13(3)19(15)23-21(25)20(24)17-11-22-18-9-8-14(26-4)10-16(17)18/h5-12,22H,1-4H3,(H,23,25). The second-order valence-electron chi connectivity index (χ2n) is 6.59. The number of ketones is 1. The van der Waals surface area contributed by atoms with Crippen LogP contribution in [0.25, 0.3) is 10.9 Å². The predicted molar refractivity (Wildman–Crippen MR) is 103 cm³/mol. The first-order chi connectivity index (χ1) is 12.4. The number of anilines is 1. The molecule has 0 atom stereocenters. The summed E-state index contributed by atoms with van der Waals surface area (Å²) in [5.74, 6) is -0.363. The van der Waals surface area contributed by atoms with Crippen LogP contribution in [-0.4, -0.2) is 23.8 Å². The first-order valence-electron chi connectivity index (χ1n) is 8.52. The monoisotopic (exact) mass is 350 g/mol. The normalized spacial score (nSPS) is 11.0. The van der Waals surface area contributed by atoms with Crippen molar-refractivity contribution in [2.45, 2.75) is 26.7 Å². The van der Waals surface area contributed by atoms with Crippen LogP contribution in [0.1, 0.15) is 41.3 Å². The topological polar surface area (TPSA) is 71.2 Å². The van der Waals surface area contributed by atoms with E-state index in [-0.39, 0.29) is 5.92 Å². The Labute approximate surface area is 152 Å². The van der Waals surface area contributed by atoms with Crippen molar-refractivity contribution in [3.63, 3.8) is 0 Å². The Bertz CT molecular complexity index is 986. The van der Waals surface area contributed by atoms with Crippen molar-refractivity contribution >= 4 is 28.3 Å². The lowest BCUT2D eigenvalue weighted by molar-refractivity contribution is -0.112. The maximum Gasteiger partial charge on any atom is 0.296 e. The van der Waals surface area contributed by atoms with Crippen LogP contribution in [0.15, 0.2) is 42.6 Å². The van der Waals surface area contributed by atoms with Gasteiger partial charge >= 0.3 is 0 Å². The number of Topliss-reactive ketones (excluding diaryl/α,β-unsaturated/α-hetero) is 1. The molecule has 1 aromatic heterocycles. The zero-order valence-corrected chi connectivity index (χ0v) is 15.3. The number of aromatic amines is 1. The summed E-state index contributed by atoms with van der Waals surface area (Å²) < 4.78 is 5.21. The zero-order valence-electron chi connectivity index (χ0n) is 15.3. The van der Waals surface area contributed by atoms with E-state index >= 15 is 0 Å². The largest absolute Gasteiger partial charge is 0.497 e. The van der Waals surface area contributed by atoms with E-state index in [1.807, 2.05) is 31.2 Å². The van der Waals surface area contributed by atoms with Crippen LogP contribution in [0.3, 0.4) is 0 Å². The summed E-state index contributed by atoms with van der Waals surface area (Å²) in [6.45, 7) is 6.03. The molecule has 1 heterocycles. The van der Waals surface area contributed by atoms with Crippen molar-refractivity contribution in [3.8, 4) is 5.75 Å². The van der Waals surface area contributed by atoms with Crippen molar-refractivity contribution in [2.24, 2.45) is 0 Å². The number of rotatable bonds is 5. The Morgan fingerprint density at radius 2 is 1.92 bits per heavy atom. The van der Waals surface area contributed by atoms with Crippen LogP contribution in [0, 0.1) is 6.92 Å². The van der Waals surface area contributed by atoms with Crippen molar-refractivity contribution in [1.29, 1.82) is 0 Å². The number of aryl methyl sites for hydroxylation is 1. The maximum atomic E-state index is 12.7. The Morgan fingerprint density at radius 1 is 1.15 bits per heavy atom. The van der Waals surface area contributed by atoms with Gasteiger partial charge in [-0.15, -0.1) is 0 Å². The number of fused-ring (bicyclic) bond motifs is 1. The van der Waals surface area contributed by atoms with Crippen LogP contribution >= 0.6 is 0 Å². The van der Waals surface area contributed by atoms with Gasteiger partial charge in [0.15, 0.2) is 0 Å². The summed E-state index contributed by atoms with van der Waals surface area (Å²) in [7, 11) is 1.56. The third-order valence-corrected chi connectivity index (χ3v) is 4.51. The number of benzene rings is 2. The van der Waals surface area contributed by atoms with Gasteiger partial charge in [0, 0.05) is 22.8 Å². The fraction of sp³-hybridized carbons (Fsp3) is 0.238. The van der Waals surface area contributed by atoms with E-state index in [0.717, 1.165) is 16.6 Å². The molecule has 5 nitrogen and oxygen atoms in total. The number of methoxy groups -OCH3 is 1. The van der Waals surface area contributed by atoms with E-state index in [0.29, 0.717) is 22.4 Å². The van der Waals surface area contributed by atoms with Gasteiger partial charge in [0.05, 0.1) is 12.7 Å². The smallest absolute Gasteiger partial charge is 0.296 e. The molecule has 0 spiro atoms. The number of carbonyl (C=O) groups is 2. The van der Waals surface area contributed by atoms with Crippen molar-refractivity contribution < 1.29 is 14.3 Å². The van der Waals surface area contributed by atoms with Gasteiger partial charge < -0.3 is 15.0 Å². The quantitative estimate of drug-likeness (QED) is 0.528. The fourth-order valence-electron chi connectivity index (χ4n) is 3.05. The molecule has 26 heavy (non-hydrogen) atoms. The Morgan fingerprint density at radius 3 is 2.62 bits per heavy atom. The molecule has 2 N–H and O–H groups in total. The van der Waals surface area contributed by atoms with Crippen LogP contribution in [0.2, 0.25) is 0 Å². The summed E-state index contributed by atoms with van der Waals surface area (Å²) >= 11 is 0. The fourth-order valence-corrected chi connectivity index (χ4v) is 3.05. The van der Waals surface area contributed by atoms with E-state index < -0.39 is 11.7 Å². The highest BCUT2D eigenvalue weighted by Crippen LogP contribution is 2.28. The first-order valence-corrected chi connectivity index (χ1v) is 8.52. The predicted octanol–water partition coefficient (Wildman–Crippen LogP) is 4.43.